The average Bonchev–Trinajstić information content (AvgIpc) is 2.27. The van der Waals surface area contributed by atoms with Crippen LogP contribution in [0.25, 0.3) is 0 Å². The van der Waals surface area contributed by atoms with Gasteiger partial charge in [0.05, 0.1) is 0 Å². The van der Waals surface area contributed by atoms with E-state index in [1.54, 1.807) is 0 Å². The van der Waals surface area contributed by atoms with Gasteiger partial charge in [-0.05, 0) is 0 Å². The van der Waals surface area contributed by atoms with Gasteiger partial charge < -0.3 is 10.8 Å². The highest BCUT2D eigenvalue weighted by molar-refractivity contribution is 5.83. The number of hydrogen-bond acceptors (Lipinski definition) is 2. The molecule has 0 saturated heterocycles. The number of carbonyl (C=O) groups excluding carboxylic acids is 1. The average molecular weight is 339 g/mol. The molecular weight excluding hydrogens is 336 g/mol. The monoisotopic (exact) mass is 339 g/mol. The first-order valence-electron chi connectivity index (χ1n) is 4.31. The van der Waals surface area contributed by atoms with E-state index < -0.39 is 41.5 Å². The minimum absolute atomic E-state index is 3.51. The third-order valence-electron chi connectivity index (χ3n) is 2.16. The van der Waals surface area contributed by atoms with E-state index in [2.05, 4.69) is 5.73 Å². The van der Waals surface area contributed by atoms with Gasteiger partial charge in [0.2, 0.25) is 0 Å². The number of carboxylic acids is 1. The summed E-state index contributed by atoms with van der Waals surface area (Å²) in [5.74, 6) is -43.5. The molecule has 0 unspecified atom stereocenters. The second-order valence-corrected chi connectivity index (χ2v) is 3.54. The molecule has 0 aliphatic carbocycles. The Morgan fingerprint density at radius 3 is 1.19 bits per heavy atom. The fourth-order valence-electron chi connectivity index (χ4n) is 0.881. The molecule has 0 rings (SSSR count). The van der Waals surface area contributed by atoms with Gasteiger partial charge in [0.15, 0.2) is 0 Å². The van der Waals surface area contributed by atoms with Crippen LogP contribution in [0.5, 0.6) is 0 Å². The largest absolute Gasteiger partial charge is 0.477 e. The number of aliphatic carboxylic acids is 1. The highest BCUT2D eigenvalue weighted by atomic mass is 19.4. The van der Waals surface area contributed by atoms with Crippen LogP contribution >= 0.6 is 0 Å². The molecule has 0 atom stereocenters. The number of halogens is 10. The zero-order valence-corrected chi connectivity index (χ0v) is 9.12. The molecule has 0 heterocycles. The molecule has 1 amide bonds. The van der Waals surface area contributed by atoms with E-state index >= 15 is 0 Å². The van der Waals surface area contributed by atoms with Gasteiger partial charge in [-0.25, -0.2) is 4.79 Å². The van der Waals surface area contributed by atoms with Crippen LogP contribution in [-0.2, 0) is 9.59 Å². The lowest BCUT2D eigenvalue weighted by Crippen LogP contribution is -2.70. The molecule has 14 heteroatoms. The second-order valence-electron chi connectivity index (χ2n) is 3.54. The minimum atomic E-state index is -7.62. The summed E-state index contributed by atoms with van der Waals surface area (Å²) in [5.41, 5.74) is 3.61. The van der Waals surface area contributed by atoms with Crippen LogP contribution in [0.15, 0.2) is 0 Å². The Kier molecular flexibility index (Phi) is 4.24. The van der Waals surface area contributed by atoms with Crippen molar-refractivity contribution >= 4 is 11.9 Å². The molecule has 124 valence electrons. The van der Waals surface area contributed by atoms with E-state index in [0.717, 1.165) is 0 Å². The first-order chi connectivity index (χ1) is 8.89. The lowest BCUT2D eigenvalue weighted by molar-refractivity contribution is -0.389. The van der Waals surface area contributed by atoms with Gasteiger partial charge in [-0.1, -0.05) is 0 Å². The number of alkyl halides is 10. The Balaban J connectivity index is 6.21. The Morgan fingerprint density at radius 1 is 0.667 bits per heavy atom. The van der Waals surface area contributed by atoms with Gasteiger partial charge in [0, 0.05) is 0 Å². The summed E-state index contributed by atoms with van der Waals surface area (Å²) in [4.78, 5) is 19.7. The van der Waals surface area contributed by atoms with E-state index in [-0.39, 0.29) is 0 Å². The molecule has 0 fully saturated rings. The van der Waals surface area contributed by atoms with Crippen LogP contribution in [0.1, 0.15) is 0 Å². The van der Waals surface area contributed by atoms with Gasteiger partial charge >= 0.3 is 35.6 Å². The topological polar surface area (TPSA) is 80.4 Å². The van der Waals surface area contributed by atoms with Crippen LogP contribution in [-0.4, -0.2) is 46.6 Å². The Morgan fingerprint density at radius 2 is 0.952 bits per heavy atom. The summed E-state index contributed by atoms with van der Waals surface area (Å²) in [7, 11) is 0. The van der Waals surface area contributed by atoms with Crippen molar-refractivity contribution in [2.24, 2.45) is 5.73 Å². The third-order valence-corrected chi connectivity index (χ3v) is 2.16. The molecule has 21 heavy (non-hydrogen) atoms. The highest BCUT2D eigenvalue weighted by Crippen LogP contribution is 2.56. The van der Waals surface area contributed by atoms with Crippen LogP contribution in [0.3, 0.4) is 0 Å². The summed E-state index contributed by atoms with van der Waals surface area (Å²) >= 11 is 0. The van der Waals surface area contributed by atoms with E-state index in [4.69, 9.17) is 5.11 Å². The maximum absolute atomic E-state index is 12.8. The molecule has 3 N–H and O–H groups in total. The lowest BCUT2D eigenvalue weighted by atomic mass is 9.94. The molecule has 0 bridgehead atoms. The maximum Gasteiger partial charge on any atom is 0.410 e. The summed E-state index contributed by atoms with van der Waals surface area (Å²) < 4.78 is 126. The molecule has 0 aromatic heterocycles. The van der Waals surface area contributed by atoms with Crippen LogP contribution in [0.2, 0.25) is 0 Å². The number of carbonyl (C=O) groups is 2. The van der Waals surface area contributed by atoms with Crippen molar-refractivity contribution in [3.8, 4) is 0 Å². The predicted molar refractivity (Wildman–Crippen MR) is 41.6 cm³/mol. The van der Waals surface area contributed by atoms with Crippen molar-refractivity contribution in [2.45, 2.75) is 29.6 Å². The fraction of sp³-hybridized carbons (Fsp3) is 0.714. The van der Waals surface area contributed by atoms with Gasteiger partial charge in [0.1, 0.15) is 0 Å². The van der Waals surface area contributed by atoms with E-state index in [9.17, 15) is 53.5 Å². The van der Waals surface area contributed by atoms with E-state index in [1.807, 2.05) is 0 Å². The number of nitrogens with two attached hydrogens (primary N) is 1. The van der Waals surface area contributed by atoms with Crippen molar-refractivity contribution in [1.82, 2.24) is 0 Å². The Bertz CT molecular complexity index is 420. The van der Waals surface area contributed by atoms with Gasteiger partial charge in [-0.15, -0.1) is 0 Å². The summed E-state index contributed by atoms with van der Waals surface area (Å²) in [6, 6.07) is 0. The maximum atomic E-state index is 12.8. The molecule has 4 nitrogen and oxygen atoms in total. The molecule has 0 aliphatic rings. The van der Waals surface area contributed by atoms with Crippen LogP contribution < -0.4 is 5.73 Å². The minimum Gasteiger partial charge on any atom is -0.477 e. The molecule has 0 spiro atoms. The summed E-state index contributed by atoms with van der Waals surface area (Å²) in [5, 5.41) is 7.63. The zero-order valence-electron chi connectivity index (χ0n) is 9.12. The normalized spacial score (nSPS) is 15.0. The second kappa shape index (κ2) is 4.62. The molecule has 0 aromatic rings. The first-order valence-corrected chi connectivity index (χ1v) is 4.31. The molecule has 0 aromatic carbocycles. The number of carboxylic acid groups (broad SMARTS) is 1. The molecule has 0 saturated carbocycles. The van der Waals surface area contributed by atoms with Crippen molar-refractivity contribution in [3.05, 3.63) is 0 Å². The smallest absolute Gasteiger partial charge is 0.410 e. The molecular formula is C7H3F10NO3. The van der Waals surface area contributed by atoms with Gasteiger partial charge in [-0.2, -0.15) is 43.9 Å². The number of rotatable bonds is 6. The van der Waals surface area contributed by atoms with Crippen LogP contribution in [0, 0.1) is 0 Å². The number of amides is 1. The van der Waals surface area contributed by atoms with Gasteiger partial charge in [-0.3, -0.25) is 4.79 Å². The highest BCUT2D eigenvalue weighted by Gasteiger charge is 2.89. The van der Waals surface area contributed by atoms with E-state index in [1.165, 1.54) is 0 Å². The van der Waals surface area contributed by atoms with Gasteiger partial charge in [0.25, 0.3) is 5.91 Å². The van der Waals surface area contributed by atoms with E-state index in [0.29, 0.717) is 0 Å². The van der Waals surface area contributed by atoms with Crippen LogP contribution in [0.4, 0.5) is 43.9 Å². The number of hydrogen-bond donors (Lipinski definition) is 2. The Labute approximate surface area is 107 Å². The van der Waals surface area contributed by atoms with Crippen molar-refractivity contribution in [2.75, 3.05) is 0 Å². The third kappa shape index (κ3) is 2.25. The standard InChI is InChI=1S/C7H3F10NO3/c8-3(9,1(18)19)5(12,13)7(16,17)6(14,15)4(10,11)2(20)21/h(H2,18,19)(H,20,21). The van der Waals surface area contributed by atoms with Crippen molar-refractivity contribution in [3.63, 3.8) is 0 Å². The summed E-state index contributed by atoms with van der Waals surface area (Å²) in [6.45, 7) is 0. The zero-order chi connectivity index (χ0) is 17.7. The quantitative estimate of drug-likeness (QED) is 0.724. The molecule has 0 radical (unpaired) electrons. The predicted octanol–water partition coefficient (Wildman–Crippen LogP) is 1.73. The van der Waals surface area contributed by atoms with Crippen molar-refractivity contribution < 1.29 is 58.6 Å². The fourth-order valence-corrected chi connectivity index (χ4v) is 0.881. The molecule has 0 aliphatic heterocycles. The van der Waals surface area contributed by atoms with Crippen molar-refractivity contribution in [1.29, 1.82) is 0 Å². The number of primary amides is 1. The SMILES string of the molecule is NC(=O)C(F)(F)C(F)(F)C(F)(F)C(F)(F)C(F)(F)C(=O)O. The lowest BCUT2D eigenvalue weighted by Gasteiger charge is -2.37. The Hall–Kier alpha value is -1.76. The summed E-state index contributed by atoms with van der Waals surface area (Å²) in [6.07, 6.45) is 0. The first kappa shape index (κ1) is 19.2.